The molecule has 5 nitrogen and oxygen atoms in total. The van der Waals surface area contributed by atoms with Crippen molar-refractivity contribution in [1.82, 2.24) is 4.98 Å². The molecule has 27 heavy (non-hydrogen) atoms. The summed E-state index contributed by atoms with van der Waals surface area (Å²) in [6, 6.07) is 14.0. The Labute approximate surface area is 166 Å². The normalized spacial score (nSPS) is 10.7. The van der Waals surface area contributed by atoms with Crippen molar-refractivity contribution in [2.24, 2.45) is 0 Å². The van der Waals surface area contributed by atoms with E-state index >= 15 is 0 Å². The number of thioether (sulfide) groups is 1. The number of ether oxygens (including phenoxy) is 1. The number of amides is 1. The Morgan fingerprint density at radius 1 is 1.11 bits per heavy atom. The molecule has 2 aromatic carbocycles. The molecule has 1 aromatic heterocycles. The maximum absolute atomic E-state index is 12.0. The van der Waals surface area contributed by atoms with Crippen LogP contribution in [0.15, 0.2) is 47.4 Å². The van der Waals surface area contributed by atoms with E-state index in [1.54, 1.807) is 11.8 Å². The Balaban J connectivity index is 1.40. The zero-order valence-electron chi connectivity index (χ0n) is 15.2. The quantitative estimate of drug-likeness (QED) is 0.464. The molecule has 3 rings (SSSR count). The third kappa shape index (κ3) is 5.80. The minimum absolute atomic E-state index is 0.256. The predicted octanol–water partition coefficient (Wildman–Crippen LogP) is 4.58. The van der Waals surface area contributed by atoms with Crippen LogP contribution in [0.5, 0.6) is 0 Å². The van der Waals surface area contributed by atoms with E-state index in [4.69, 9.17) is 4.74 Å². The van der Waals surface area contributed by atoms with Crippen LogP contribution < -0.4 is 5.32 Å². The van der Waals surface area contributed by atoms with Gasteiger partial charge in [0.2, 0.25) is 0 Å². The highest BCUT2D eigenvalue weighted by Gasteiger charge is 2.11. The molecule has 7 heteroatoms. The lowest BCUT2D eigenvalue weighted by Crippen LogP contribution is -2.20. The number of aryl methyl sites for hydroxylation is 2. The molecule has 0 aliphatic rings. The van der Waals surface area contributed by atoms with Gasteiger partial charge in [0.1, 0.15) is 0 Å². The fraction of sp³-hybridized carbons (Fsp3) is 0.250. The molecule has 1 N–H and O–H groups in total. The van der Waals surface area contributed by atoms with Crippen LogP contribution in [-0.4, -0.2) is 29.2 Å². The molecular formula is C20H20N2O3S2. The van der Waals surface area contributed by atoms with Gasteiger partial charge in [-0.3, -0.25) is 14.9 Å². The first-order valence-corrected chi connectivity index (χ1v) is 10.3. The van der Waals surface area contributed by atoms with Crippen molar-refractivity contribution in [1.29, 1.82) is 0 Å². The number of aromatic nitrogens is 1. The molecule has 0 saturated carbocycles. The van der Waals surface area contributed by atoms with Crippen molar-refractivity contribution in [3.8, 4) is 0 Å². The molecule has 0 bridgehead atoms. The lowest BCUT2D eigenvalue weighted by Gasteiger charge is -2.05. The number of carbonyl (C=O) groups excluding carboxylic acids is 2. The summed E-state index contributed by atoms with van der Waals surface area (Å²) in [5.41, 5.74) is 3.18. The van der Waals surface area contributed by atoms with Crippen LogP contribution >= 0.6 is 23.1 Å². The Morgan fingerprint density at radius 3 is 2.63 bits per heavy atom. The molecule has 1 amide bonds. The summed E-state index contributed by atoms with van der Waals surface area (Å²) in [7, 11) is 0. The number of fused-ring (bicyclic) bond motifs is 1. The van der Waals surface area contributed by atoms with Gasteiger partial charge in [0.15, 0.2) is 11.7 Å². The number of thiazole rings is 1. The first-order chi connectivity index (χ1) is 13.0. The van der Waals surface area contributed by atoms with E-state index in [1.807, 2.05) is 56.3 Å². The monoisotopic (exact) mass is 400 g/mol. The van der Waals surface area contributed by atoms with Crippen LogP contribution in [0.3, 0.4) is 0 Å². The number of hydrogen-bond acceptors (Lipinski definition) is 6. The van der Waals surface area contributed by atoms with Crippen molar-refractivity contribution in [2.45, 2.75) is 25.2 Å². The minimum atomic E-state index is -0.385. The number of benzene rings is 2. The van der Waals surface area contributed by atoms with E-state index in [9.17, 15) is 9.59 Å². The number of nitrogens with one attached hydrogen (secondary N) is 1. The third-order valence-corrected chi connectivity index (χ3v) is 5.70. The summed E-state index contributed by atoms with van der Waals surface area (Å²) in [6.45, 7) is 3.74. The Morgan fingerprint density at radius 2 is 1.85 bits per heavy atom. The number of anilines is 1. The van der Waals surface area contributed by atoms with Crippen molar-refractivity contribution in [2.75, 3.05) is 17.7 Å². The molecule has 0 fully saturated rings. The van der Waals surface area contributed by atoms with Crippen molar-refractivity contribution < 1.29 is 14.3 Å². The summed E-state index contributed by atoms with van der Waals surface area (Å²) >= 11 is 2.99. The lowest BCUT2D eigenvalue weighted by molar-refractivity contribution is -0.146. The third-order valence-electron chi connectivity index (χ3n) is 3.75. The average Bonchev–Trinajstić information content (AvgIpc) is 3.03. The van der Waals surface area contributed by atoms with Gasteiger partial charge in [-0.2, -0.15) is 0 Å². The zero-order valence-corrected chi connectivity index (χ0v) is 16.8. The smallest absolute Gasteiger partial charge is 0.307 e. The molecule has 0 spiro atoms. The summed E-state index contributed by atoms with van der Waals surface area (Å²) in [5.74, 6) is -0.157. The summed E-state index contributed by atoms with van der Waals surface area (Å²) in [6.07, 6.45) is 0.256. The summed E-state index contributed by atoms with van der Waals surface area (Å²) < 4.78 is 6.05. The second kappa shape index (κ2) is 9.01. The van der Waals surface area contributed by atoms with Gasteiger partial charge in [-0.05, 0) is 43.7 Å². The van der Waals surface area contributed by atoms with E-state index in [1.165, 1.54) is 16.9 Å². The van der Waals surface area contributed by atoms with E-state index in [0.29, 0.717) is 10.9 Å². The molecule has 0 aliphatic carbocycles. The first-order valence-electron chi connectivity index (χ1n) is 8.52. The Hall–Kier alpha value is -2.38. The van der Waals surface area contributed by atoms with Gasteiger partial charge < -0.3 is 4.74 Å². The SMILES string of the molecule is Cc1ccc(SCCC(=O)OCC(=O)Nc2nc3ccc(C)cc3s2)cc1. The molecule has 140 valence electrons. The zero-order chi connectivity index (χ0) is 19.2. The number of esters is 1. The van der Waals surface area contributed by atoms with E-state index in [-0.39, 0.29) is 24.9 Å². The Bertz CT molecular complexity index is 952. The fourth-order valence-corrected chi connectivity index (χ4v) is 4.16. The maximum Gasteiger partial charge on any atom is 0.307 e. The highest BCUT2D eigenvalue weighted by atomic mass is 32.2. The van der Waals surface area contributed by atoms with Crippen molar-refractivity contribution in [3.05, 3.63) is 53.6 Å². The van der Waals surface area contributed by atoms with Gasteiger partial charge in [0.05, 0.1) is 16.6 Å². The van der Waals surface area contributed by atoms with E-state index in [0.717, 1.165) is 20.7 Å². The summed E-state index contributed by atoms with van der Waals surface area (Å²) in [5, 5.41) is 3.19. The minimum Gasteiger partial charge on any atom is -0.456 e. The molecule has 0 saturated heterocycles. The molecule has 3 aromatic rings. The standard InChI is InChI=1S/C20H20N2O3S2/c1-13-3-6-15(7-4-13)26-10-9-19(24)25-12-18(23)22-20-21-16-8-5-14(2)11-17(16)27-20/h3-8,11H,9-10,12H2,1-2H3,(H,21,22,23). The summed E-state index contributed by atoms with van der Waals surface area (Å²) in [4.78, 5) is 29.2. The number of carbonyl (C=O) groups is 2. The van der Waals surface area contributed by atoms with Crippen LogP contribution in [0.25, 0.3) is 10.2 Å². The van der Waals surface area contributed by atoms with Gasteiger partial charge in [-0.15, -0.1) is 11.8 Å². The molecule has 0 unspecified atom stereocenters. The second-order valence-corrected chi connectivity index (χ2v) is 8.31. The largest absolute Gasteiger partial charge is 0.456 e. The van der Waals surface area contributed by atoms with E-state index < -0.39 is 0 Å². The average molecular weight is 401 g/mol. The first kappa shape index (κ1) is 19.4. The van der Waals surface area contributed by atoms with Gasteiger partial charge in [0, 0.05) is 10.6 Å². The molecule has 0 radical (unpaired) electrons. The second-order valence-electron chi connectivity index (χ2n) is 6.11. The maximum atomic E-state index is 12.0. The molecule has 0 aliphatic heterocycles. The molecular weight excluding hydrogens is 380 g/mol. The number of nitrogens with zero attached hydrogens (tertiary/aromatic N) is 1. The van der Waals surface area contributed by atoms with Crippen LogP contribution in [0.4, 0.5) is 5.13 Å². The van der Waals surface area contributed by atoms with Gasteiger partial charge in [-0.25, -0.2) is 4.98 Å². The number of rotatable bonds is 7. The van der Waals surface area contributed by atoms with E-state index in [2.05, 4.69) is 10.3 Å². The van der Waals surface area contributed by atoms with Crippen molar-refractivity contribution in [3.63, 3.8) is 0 Å². The fourth-order valence-electron chi connectivity index (χ4n) is 2.35. The van der Waals surface area contributed by atoms with Crippen LogP contribution in [-0.2, 0) is 14.3 Å². The van der Waals surface area contributed by atoms with Gasteiger partial charge >= 0.3 is 5.97 Å². The van der Waals surface area contributed by atoms with Gasteiger partial charge in [0.25, 0.3) is 5.91 Å². The predicted molar refractivity (Wildman–Crippen MR) is 110 cm³/mol. The lowest BCUT2D eigenvalue weighted by atomic mass is 10.2. The molecule has 0 atom stereocenters. The molecule has 1 heterocycles. The van der Waals surface area contributed by atoms with Crippen LogP contribution in [0, 0.1) is 13.8 Å². The van der Waals surface area contributed by atoms with Crippen LogP contribution in [0.2, 0.25) is 0 Å². The Kier molecular flexibility index (Phi) is 6.47. The highest BCUT2D eigenvalue weighted by molar-refractivity contribution is 7.99. The number of hydrogen-bond donors (Lipinski definition) is 1. The van der Waals surface area contributed by atoms with Gasteiger partial charge in [-0.1, -0.05) is 35.1 Å². The highest BCUT2D eigenvalue weighted by Crippen LogP contribution is 2.26. The van der Waals surface area contributed by atoms with Crippen molar-refractivity contribution >= 4 is 50.3 Å². The van der Waals surface area contributed by atoms with Crippen LogP contribution in [0.1, 0.15) is 17.5 Å². The topological polar surface area (TPSA) is 68.3 Å².